The Balaban J connectivity index is 2.30. The van der Waals surface area contributed by atoms with Gasteiger partial charge in [-0.15, -0.1) is 0 Å². The van der Waals surface area contributed by atoms with E-state index < -0.39 is 0 Å². The molecule has 1 aromatic carbocycles. The van der Waals surface area contributed by atoms with E-state index in [-0.39, 0.29) is 5.41 Å². The van der Waals surface area contributed by atoms with Crippen LogP contribution in [0, 0.1) is 19.3 Å². The summed E-state index contributed by atoms with van der Waals surface area (Å²) in [6, 6.07) is 6.10. The van der Waals surface area contributed by atoms with E-state index in [4.69, 9.17) is 0 Å². The summed E-state index contributed by atoms with van der Waals surface area (Å²) >= 11 is 0. The van der Waals surface area contributed by atoms with Crippen LogP contribution < -0.4 is 5.32 Å². The number of aryl methyl sites for hydroxylation is 2. The van der Waals surface area contributed by atoms with E-state index >= 15 is 0 Å². The first-order chi connectivity index (χ1) is 8.03. The topological polar surface area (TPSA) is 29.1 Å². The van der Waals surface area contributed by atoms with Crippen molar-refractivity contribution in [1.82, 2.24) is 5.32 Å². The van der Waals surface area contributed by atoms with Crippen molar-refractivity contribution >= 4 is 5.78 Å². The van der Waals surface area contributed by atoms with Gasteiger partial charge in [0, 0.05) is 17.5 Å². The van der Waals surface area contributed by atoms with E-state index in [1.807, 2.05) is 19.1 Å². The predicted molar refractivity (Wildman–Crippen MR) is 70.5 cm³/mol. The highest BCUT2D eigenvalue weighted by molar-refractivity contribution is 6.01. The van der Waals surface area contributed by atoms with Crippen LogP contribution in [-0.4, -0.2) is 18.9 Å². The quantitative estimate of drug-likeness (QED) is 0.793. The minimum Gasteiger partial charge on any atom is -0.316 e. The highest BCUT2D eigenvalue weighted by Gasteiger charge is 2.35. The zero-order valence-corrected chi connectivity index (χ0v) is 11.0. The number of nitrogens with one attached hydrogen (secondary N) is 1. The van der Waals surface area contributed by atoms with Gasteiger partial charge < -0.3 is 5.32 Å². The molecule has 1 aliphatic rings. The maximum atomic E-state index is 12.6. The van der Waals surface area contributed by atoms with Gasteiger partial charge >= 0.3 is 0 Å². The van der Waals surface area contributed by atoms with Gasteiger partial charge in [0.2, 0.25) is 0 Å². The standard InChI is InChI=1S/C15H21NO/c1-11-5-6-13(12(2)9-11)14(17)15(3)7-4-8-16-10-15/h5-6,9,16H,4,7-8,10H2,1-3H3. The summed E-state index contributed by atoms with van der Waals surface area (Å²) in [4.78, 5) is 12.6. The predicted octanol–water partition coefficient (Wildman–Crippen LogP) is 2.88. The summed E-state index contributed by atoms with van der Waals surface area (Å²) < 4.78 is 0. The summed E-state index contributed by atoms with van der Waals surface area (Å²) in [5.41, 5.74) is 2.98. The average molecular weight is 231 g/mol. The van der Waals surface area contributed by atoms with Crippen molar-refractivity contribution in [3.05, 3.63) is 34.9 Å². The Kier molecular flexibility index (Phi) is 3.34. The number of piperidine rings is 1. The first kappa shape index (κ1) is 12.3. The molecule has 0 aromatic heterocycles. The van der Waals surface area contributed by atoms with Crippen molar-refractivity contribution in [2.24, 2.45) is 5.41 Å². The average Bonchev–Trinajstić information content (AvgIpc) is 2.29. The van der Waals surface area contributed by atoms with Crippen molar-refractivity contribution < 1.29 is 4.79 Å². The first-order valence-corrected chi connectivity index (χ1v) is 6.36. The Morgan fingerprint density at radius 2 is 2.12 bits per heavy atom. The number of hydrogen-bond acceptors (Lipinski definition) is 2. The number of carbonyl (C=O) groups excluding carboxylic acids is 1. The van der Waals surface area contributed by atoms with Crippen molar-refractivity contribution in [2.45, 2.75) is 33.6 Å². The minimum atomic E-state index is -0.224. The zero-order chi connectivity index (χ0) is 12.5. The van der Waals surface area contributed by atoms with Gasteiger partial charge in [-0.25, -0.2) is 0 Å². The summed E-state index contributed by atoms with van der Waals surface area (Å²) in [6.07, 6.45) is 2.08. The molecular formula is C15H21NO. The fourth-order valence-electron chi connectivity index (χ4n) is 2.64. The largest absolute Gasteiger partial charge is 0.316 e. The van der Waals surface area contributed by atoms with Crippen LogP contribution in [0.25, 0.3) is 0 Å². The summed E-state index contributed by atoms with van der Waals surface area (Å²) in [5, 5.41) is 3.34. The summed E-state index contributed by atoms with van der Waals surface area (Å²) in [6.45, 7) is 8.01. The van der Waals surface area contributed by atoms with Gasteiger partial charge in [0.15, 0.2) is 5.78 Å². The van der Waals surface area contributed by atoms with E-state index in [1.54, 1.807) is 0 Å². The fourth-order valence-corrected chi connectivity index (χ4v) is 2.64. The number of hydrogen-bond donors (Lipinski definition) is 1. The van der Waals surface area contributed by atoms with Crippen LogP contribution in [0.3, 0.4) is 0 Å². The molecule has 0 saturated carbocycles. The second kappa shape index (κ2) is 4.61. The van der Waals surface area contributed by atoms with E-state index in [2.05, 4.69) is 25.2 Å². The lowest BCUT2D eigenvalue weighted by Crippen LogP contribution is -2.43. The van der Waals surface area contributed by atoms with E-state index in [0.717, 1.165) is 37.1 Å². The Morgan fingerprint density at radius 3 is 2.71 bits per heavy atom. The highest BCUT2D eigenvalue weighted by atomic mass is 16.1. The molecule has 0 bridgehead atoms. The molecule has 0 aliphatic carbocycles. The van der Waals surface area contributed by atoms with Crippen LogP contribution in [0.2, 0.25) is 0 Å². The second-order valence-electron chi connectivity index (χ2n) is 5.49. The molecule has 1 N–H and O–H groups in total. The zero-order valence-electron chi connectivity index (χ0n) is 11.0. The van der Waals surface area contributed by atoms with Gasteiger partial charge in [0.25, 0.3) is 0 Å². The minimum absolute atomic E-state index is 0.224. The van der Waals surface area contributed by atoms with E-state index in [1.165, 1.54) is 5.56 Å². The van der Waals surface area contributed by atoms with Gasteiger partial charge in [-0.2, -0.15) is 0 Å². The van der Waals surface area contributed by atoms with Crippen molar-refractivity contribution in [3.8, 4) is 0 Å². The molecule has 92 valence electrons. The van der Waals surface area contributed by atoms with Crippen LogP contribution in [-0.2, 0) is 0 Å². The number of rotatable bonds is 2. The molecule has 2 rings (SSSR count). The van der Waals surface area contributed by atoms with Gasteiger partial charge in [-0.3, -0.25) is 4.79 Å². The summed E-state index contributed by atoms with van der Waals surface area (Å²) in [7, 11) is 0. The number of ketones is 1. The Labute approximate surface area is 103 Å². The molecule has 1 heterocycles. The van der Waals surface area contributed by atoms with Crippen LogP contribution in [0.4, 0.5) is 0 Å². The molecule has 0 radical (unpaired) electrons. The molecule has 1 saturated heterocycles. The first-order valence-electron chi connectivity index (χ1n) is 6.36. The third-order valence-electron chi connectivity index (χ3n) is 3.77. The van der Waals surface area contributed by atoms with E-state index in [0.29, 0.717) is 5.78 Å². The molecule has 1 fully saturated rings. The molecule has 2 nitrogen and oxygen atoms in total. The van der Waals surface area contributed by atoms with Gasteiger partial charge in [0.1, 0.15) is 0 Å². The Morgan fingerprint density at radius 1 is 1.35 bits per heavy atom. The molecule has 1 unspecified atom stereocenters. The highest BCUT2D eigenvalue weighted by Crippen LogP contribution is 2.31. The smallest absolute Gasteiger partial charge is 0.170 e. The lowest BCUT2D eigenvalue weighted by molar-refractivity contribution is 0.0772. The van der Waals surface area contributed by atoms with Gasteiger partial charge in [0.05, 0.1) is 0 Å². The third kappa shape index (κ3) is 2.42. The Hall–Kier alpha value is -1.15. The molecule has 2 heteroatoms. The van der Waals surface area contributed by atoms with Crippen molar-refractivity contribution in [2.75, 3.05) is 13.1 Å². The molecular weight excluding hydrogens is 210 g/mol. The molecule has 0 amide bonds. The second-order valence-corrected chi connectivity index (χ2v) is 5.49. The third-order valence-corrected chi connectivity index (χ3v) is 3.77. The molecule has 0 spiro atoms. The molecule has 17 heavy (non-hydrogen) atoms. The van der Waals surface area contributed by atoms with Crippen LogP contribution in [0.15, 0.2) is 18.2 Å². The lowest BCUT2D eigenvalue weighted by atomic mass is 9.75. The van der Waals surface area contributed by atoms with Crippen LogP contribution >= 0.6 is 0 Å². The maximum Gasteiger partial charge on any atom is 0.170 e. The van der Waals surface area contributed by atoms with Crippen molar-refractivity contribution in [1.29, 1.82) is 0 Å². The van der Waals surface area contributed by atoms with E-state index in [9.17, 15) is 4.79 Å². The fraction of sp³-hybridized carbons (Fsp3) is 0.533. The molecule has 1 atom stereocenters. The monoisotopic (exact) mass is 231 g/mol. The van der Waals surface area contributed by atoms with Crippen molar-refractivity contribution in [3.63, 3.8) is 0 Å². The number of Topliss-reactive ketones (excluding diaryl/α,β-unsaturated/α-hetero) is 1. The normalized spacial score (nSPS) is 24.6. The molecule has 1 aromatic rings. The summed E-state index contributed by atoms with van der Waals surface area (Å²) in [5.74, 6) is 0.294. The number of benzene rings is 1. The van der Waals surface area contributed by atoms with Crippen LogP contribution in [0.1, 0.15) is 41.3 Å². The van der Waals surface area contributed by atoms with Gasteiger partial charge in [-0.1, -0.05) is 30.7 Å². The van der Waals surface area contributed by atoms with Gasteiger partial charge in [-0.05, 0) is 38.8 Å². The SMILES string of the molecule is Cc1ccc(C(=O)C2(C)CCCNC2)c(C)c1. The Bertz CT molecular complexity index is 431. The van der Waals surface area contributed by atoms with Crippen LogP contribution in [0.5, 0.6) is 0 Å². The maximum absolute atomic E-state index is 12.6. The number of carbonyl (C=O) groups is 1. The molecule has 1 aliphatic heterocycles. The lowest BCUT2D eigenvalue weighted by Gasteiger charge is -2.33.